The van der Waals surface area contributed by atoms with Gasteiger partial charge in [-0.3, -0.25) is 9.59 Å². The van der Waals surface area contributed by atoms with E-state index in [4.69, 9.17) is 4.74 Å². The summed E-state index contributed by atoms with van der Waals surface area (Å²) < 4.78 is 6.41. The molecule has 0 aliphatic carbocycles. The van der Waals surface area contributed by atoms with Gasteiger partial charge in [0.25, 0.3) is 0 Å². The standard InChI is InChI=1S/C21H21NO3S/c1-3-15-8-10-16(11-9-15)21(24)14(2)25-20(23)13-12-19-22-17-6-4-5-7-18(17)26-19/h4-11,14H,3,12-13H2,1-2H3/t14-/m1/s1. The van der Waals surface area contributed by atoms with E-state index in [-0.39, 0.29) is 18.2 Å². The number of para-hydroxylation sites is 1. The molecule has 0 amide bonds. The Morgan fingerprint density at radius 2 is 1.85 bits per heavy atom. The number of Topliss-reactive ketones (excluding diaryl/α,β-unsaturated/α-hetero) is 1. The fourth-order valence-electron chi connectivity index (χ4n) is 2.68. The van der Waals surface area contributed by atoms with Crippen LogP contribution < -0.4 is 0 Å². The molecular weight excluding hydrogens is 346 g/mol. The lowest BCUT2D eigenvalue weighted by Crippen LogP contribution is -2.24. The number of nitrogens with zero attached hydrogens (tertiary/aromatic N) is 1. The maximum atomic E-state index is 12.4. The lowest BCUT2D eigenvalue weighted by molar-refractivity contribution is -0.146. The average molecular weight is 367 g/mol. The Balaban J connectivity index is 1.53. The highest BCUT2D eigenvalue weighted by atomic mass is 32.1. The molecule has 0 saturated carbocycles. The average Bonchev–Trinajstić information content (AvgIpc) is 3.09. The smallest absolute Gasteiger partial charge is 0.306 e. The number of ketones is 1. The van der Waals surface area contributed by atoms with Gasteiger partial charge < -0.3 is 4.74 Å². The number of fused-ring (bicyclic) bond motifs is 1. The molecule has 0 aliphatic heterocycles. The van der Waals surface area contributed by atoms with Crippen LogP contribution in [-0.4, -0.2) is 22.8 Å². The number of thiazole rings is 1. The molecule has 0 unspecified atom stereocenters. The van der Waals surface area contributed by atoms with Crippen LogP contribution in [0.15, 0.2) is 48.5 Å². The first-order chi connectivity index (χ1) is 12.6. The fourth-order valence-corrected chi connectivity index (χ4v) is 3.65. The topological polar surface area (TPSA) is 56.3 Å². The van der Waals surface area contributed by atoms with Gasteiger partial charge >= 0.3 is 5.97 Å². The van der Waals surface area contributed by atoms with Crippen molar-refractivity contribution in [2.75, 3.05) is 0 Å². The first-order valence-electron chi connectivity index (χ1n) is 8.74. The summed E-state index contributed by atoms with van der Waals surface area (Å²) >= 11 is 1.58. The molecule has 1 aromatic heterocycles. The Kier molecular flexibility index (Phi) is 5.78. The quantitative estimate of drug-likeness (QED) is 0.452. The van der Waals surface area contributed by atoms with E-state index in [9.17, 15) is 9.59 Å². The third-order valence-corrected chi connectivity index (χ3v) is 5.30. The second-order valence-electron chi connectivity index (χ2n) is 6.12. The Hall–Kier alpha value is -2.53. The first-order valence-corrected chi connectivity index (χ1v) is 9.55. The van der Waals surface area contributed by atoms with Crippen molar-refractivity contribution in [3.8, 4) is 0 Å². The lowest BCUT2D eigenvalue weighted by Gasteiger charge is -2.12. The zero-order valence-corrected chi connectivity index (χ0v) is 15.7. The van der Waals surface area contributed by atoms with Crippen LogP contribution in [0, 0.1) is 0 Å². The molecule has 3 rings (SSSR count). The van der Waals surface area contributed by atoms with E-state index in [1.54, 1.807) is 30.4 Å². The van der Waals surface area contributed by atoms with Crippen LogP contribution in [0.2, 0.25) is 0 Å². The predicted octanol–water partition coefficient (Wildman–Crippen LogP) is 4.61. The summed E-state index contributed by atoms with van der Waals surface area (Å²) in [6.07, 6.45) is 0.867. The third kappa shape index (κ3) is 4.35. The summed E-state index contributed by atoms with van der Waals surface area (Å²) in [6.45, 7) is 3.68. The Morgan fingerprint density at radius 1 is 1.12 bits per heavy atom. The largest absolute Gasteiger partial charge is 0.454 e. The van der Waals surface area contributed by atoms with E-state index >= 15 is 0 Å². The minimum atomic E-state index is -0.787. The zero-order chi connectivity index (χ0) is 18.5. The summed E-state index contributed by atoms with van der Waals surface area (Å²) in [6, 6.07) is 15.3. The molecule has 4 nitrogen and oxygen atoms in total. The molecule has 1 atom stereocenters. The number of benzene rings is 2. The van der Waals surface area contributed by atoms with Crippen molar-refractivity contribution >= 4 is 33.3 Å². The van der Waals surface area contributed by atoms with Gasteiger partial charge in [-0.2, -0.15) is 0 Å². The van der Waals surface area contributed by atoms with Crippen molar-refractivity contribution in [2.24, 2.45) is 0 Å². The van der Waals surface area contributed by atoms with Gasteiger partial charge in [0.05, 0.1) is 21.6 Å². The molecule has 3 aromatic rings. The van der Waals surface area contributed by atoms with E-state index < -0.39 is 6.10 Å². The molecule has 134 valence electrons. The number of ether oxygens (including phenoxy) is 1. The van der Waals surface area contributed by atoms with Crippen LogP contribution in [0.5, 0.6) is 0 Å². The van der Waals surface area contributed by atoms with Crippen LogP contribution in [-0.2, 0) is 22.4 Å². The van der Waals surface area contributed by atoms with E-state index in [0.29, 0.717) is 12.0 Å². The molecule has 0 spiro atoms. The number of aromatic nitrogens is 1. The van der Waals surface area contributed by atoms with Crippen molar-refractivity contribution in [3.63, 3.8) is 0 Å². The minimum absolute atomic E-state index is 0.180. The summed E-state index contributed by atoms with van der Waals surface area (Å²) in [5.41, 5.74) is 2.68. The van der Waals surface area contributed by atoms with Crippen LogP contribution in [0.25, 0.3) is 10.2 Å². The van der Waals surface area contributed by atoms with Crippen LogP contribution in [0.3, 0.4) is 0 Å². The van der Waals surface area contributed by atoms with Gasteiger partial charge in [-0.15, -0.1) is 11.3 Å². The predicted molar refractivity (Wildman–Crippen MR) is 104 cm³/mol. The molecule has 0 aliphatic rings. The number of aryl methyl sites for hydroxylation is 2. The van der Waals surface area contributed by atoms with Gasteiger partial charge in [0.2, 0.25) is 5.78 Å². The van der Waals surface area contributed by atoms with E-state index in [2.05, 4.69) is 11.9 Å². The van der Waals surface area contributed by atoms with Crippen LogP contribution in [0.1, 0.15) is 41.2 Å². The number of carbonyl (C=O) groups excluding carboxylic acids is 2. The normalized spacial score (nSPS) is 12.1. The molecule has 0 fully saturated rings. The summed E-state index contributed by atoms with van der Waals surface area (Å²) in [5, 5.41) is 0.900. The first kappa shape index (κ1) is 18.3. The Labute approximate surface area is 156 Å². The van der Waals surface area contributed by atoms with E-state index in [0.717, 1.165) is 21.6 Å². The van der Waals surface area contributed by atoms with Gasteiger partial charge in [-0.25, -0.2) is 4.98 Å². The summed E-state index contributed by atoms with van der Waals surface area (Å²) in [5.74, 6) is -0.559. The second-order valence-corrected chi connectivity index (χ2v) is 7.24. The maximum Gasteiger partial charge on any atom is 0.306 e. The van der Waals surface area contributed by atoms with Crippen molar-refractivity contribution in [3.05, 3.63) is 64.7 Å². The molecule has 0 saturated heterocycles. The van der Waals surface area contributed by atoms with Gasteiger partial charge in [0, 0.05) is 12.0 Å². The number of hydrogen-bond donors (Lipinski definition) is 0. The van der Waals surface area contributed by atoms with Crippen LogP contribution in [0.4, 0.5) is 0 Å². The molecule has 0 N–H and O–H groups in total. The molecule has 0 radical (unpaired) electrons. The maximum absolute atomic E-state index is 12.4. The highest BCUT2D eigenvalue weighted by Crippen LogP contribution is 2.22. The van der Waals surface area contributed by atoms with E-state index in [1.165, 1.54) is 5.56 Å². The fraction of sp³-hybridized carbons (Fsp3) is 0.286. The summed E-state index contributed by atoms with van der Waals surface area (Å²) in [7, 11) is 0. The number of rotatable bonds is 7. The van der Waals surface area contributed by atoms with Crippen molar-refractivity contribution in [2.45, 2.75) is 39.2 Å². The summed E-state index contributed by atoms with van der Waals surface area (Å²) in [4.78, 5) is 29.0. The minimum Gasteiger partial charge on any atom is -0.454 e. The van der Waals surface area contributed by atoms with Gasteiger partial charge in [-0.1, -0.05) is 43.3 Å². The molecule has 1 heterocycles. The SMILES string of the molecule is CCc1ccc(C(=O)[C@@H](C)OC(=O)CCc2nc3ccccc3s2)cc1. The van der Waals surface area contributed by atoms with Crippen molar-refractivity contribution in [1.82, 2.24) is 4.98 Å². The zero-order valence-electron chi connectivity index (χ0n) is 14.9. The number of carbonyl (C=O) groups is 2. The number of esters is 1. The third-order valence-electron chi connectivity index (χ3n) is 4.21. The Bertz CT molecular complexity index is 881. The van der Waals surface area contributed by atoms with E-state index in [1.807, 2.05) is 36.4 Å². The van der Waals surface area contributed by atoms with Gasteiger partial charge in [-0.05, 0) is 31.0 Å². The second kappa shape index (κ2) is 8.23. The van der Waals surface area contributed by atoms with Crippen molar-refractivity contribution in [1.29, 1.82) is 0 Å². The van der Waals surface area contributed by atoms with Gasteiger partial charge in [0.1, 0.15) is 0 Å². The lowest BCUT2D eigenvalue weighted by atomic mass is 10.0. The highest BCUT2D eigenvalue weighted by molar-refractivity contribution is 7.18. The molecule has 0 bridgehead atoms. The molecule has 26 heavy (non-hydrogen) atoms. The highest BCUT2D eigenvalue weighted by Gasteiger charge is 2.19. The number of hydrogen-bond acceptors (Lipinski definition) is 5. The molecular formula is C21H21NO3S. The Morgan fingerprint density at radius 3 is 2.54 bits per heavy atom. The van der Waals surface area contributed by atoms with Gasteiger partial charge in [0.15, 0.2) is 6.10 Å². The molecule has 5 heteroatoms. The van der Waals surface area contributed by atoms with Crippen molar-refractivity contribution < 1.29 is 14.3 Å². The van der Waals surface area contributed by atoms with Crippen LogP contribution >= 0.6 is 11.3 Å². The molecule has 2 aromatic carbocycles. The monoisotopic (exact) mass is 367 g/mol.